The van der Waals surface area contributed by atoms with Gasteiger partial charge in [-0.2, -0.15) is 0 Å². The molecule has 1 aromatic carbocycles. The van der Waals surface area contributed by atoms with Crippen molar-refractivity contribution in [3.63, 3.8) is 0 Å². The van der Waals surface area contributed by atoms with Crippen LogP contribution in [0.3, 0.4) is 0 Å². The van der Waals surface area contributed by atoms with Gasteiger partial charge in [0.25, 0.3) is 0 Å². The molecule has 0 N–H and O–H groups in total. The van der Waals surface area contributed by atoms with Crippen LogP contribution < -0.4 is 0 Å². The van der Waals surface area contributed by atoms with E-state index in [-0.39, 0.29) is 17.5 Å². The predicted octanol–water partition coefficient (Wildman–Crippen LogP) is 3.08. The summed E-state index contributed by atoms with van der Waals surface area (Å²) in [5.74, 6) is -0.546. The van der Waals surface area contributed by atoms with Gasteiger partial charge < -0.3 is 4.74 Å². The summed E-state index contributed by atoms with van der Waals surface area (Å²) < 4.78 is 4.89. The molecule has 94 valence electrons. The number of rotatable bonds is 2. The Morgan fingerprint density at radius 3 is 2.33 bits per heavy atom. The molecule has 4 nitrogen and oxygen atoms in total. The Bertz CT molecular complexity index is 626. The fourth-order valence-electron chi connectivity index (χ4n) is 1.62. The number of halogens is 1. The Kier molecular flexibility index (Phi) is 3.48. The minimum absolute atomic E-state index is 0.0641. The molecule has 0 radical (unpaired) electrons. The SMILES string of the molecule is CCOC(=O)c1nc2cc(C)c(C)cc2nc1Cl. The highest BCUT2D eigenvalue weighted by atomic mass is 35.5. The standard InChI is InChI=1S/C13H13ClN2O2/c1-4-18-13(17)11-12(14)16-10-6-8(3)7(2)5-9(10)15-11/h5-6H,4H2,1-3H3. The molecule has 1 heterocycles. The normalized spacial score (nSPS) is 10.7. The van der Waals surface area contributed by atoms with Gasteiger partial charge in [-0.05, 0) is 44.0 Å². The molecule has 0 aliphatic heterocycles. The summed E-state index contributed by atoms with van der Waals surface area (Å²) in [7, 11) is 0. The fourth-order valence-corrected chi connectivity index (χ4v) is 1.83. The number of carbonyl (C=O) groups excluding carboxylic acids is 1. The summed E-state index contributed by atoms with van der Waals surface area (Å²) in [6.45, 7) is 5.98. The number of fused-ring (bicyclic) bond motifs is 1. The van der Waals surface area contributed by atoms with Crippen LogP contribution in [0.25, 0.3) is 11.0 Å². The van der Waals surface area contributed by atoms with Crippen molar-refractivity contribution >= 4 is 28.6 Å². The van der Waals surface area contributed by atoms with Gasteiger partial charge in [-0.15, -0.1) is 0 Å². The first kappa shape index (κ1) is 12.8. The number of aromatic nitrogens is 2. The van der Waals surface area contributed by atoms with Gasteiger partial charge in [0.2, 0.25) is 0 Å². The van der Waals surface area contributed by atoms with Gasteiger partial charge in [-0.3, -0.25) is 0 Å². The van der Waals surface area contributed by atoms with Gasteiger partial charge in [0.05, 0.1) is 17.6 Å². The first-order chi connectivity index (χ1) is 8.52. The second kappa shape index (κ2) is 4.90. The summed E-state index contributed by atoms with van der Waals surface area (Å²) >= 11 is 5.95. The van der Waals surface area contributed by atoms with Crippen LogP contribution in [-0.2, 0) is 4.74 Å². The third-order valence-corrected chi connectivity index (χ3v) is 2.97. The molecule has 0 bridgehead atoms. The Morgan fingerprint density at radius 2 is 1.78 bits per heavy atom. The van der Waals surface area contributed by atoms with E-state index in [4.69, 9.17) is 16.3 Å². The number of aryl methyl sites for hydroxylation is 2. The van der Waals surface area contributed by atoms with E-state index < -0.39 is 5.97 Å². The van der Waals surface area contributed by atoms with Crippen molar-refractivity contribution in [2.75, 3.05) is 6.61 Å². The van der Waals surface area contributed by atoms with E-state index in [2.05, 4.69) is 9.97 Å². The first-order valence-corrected chi connectivity index (χ1v) is 6.02. The number of carbonyl (C=O) groups is 1. The summed E-state index contributed by atoms with van der Waals surface area (Å²) in [5.41, 5.74) is 3.58. The monoisotopic (exact) mass is 264 g/mol. The molecule has 0 saturated heterocycles. The molecule has 2 rings (SSSR count). The molecular formula is C13H13ClN2O2. The second-order valence-corrected chi connectivity index (χ2v) is 4.37. The number of benzene rings is 1. The average Bonchev–Trinajstić information content (AvgIpc) is 2.31. The van der Waals surface area contributed by atoms with Crippen LogP contribution in [0.15, 0.2) is 12.1 Å². The Balaban J connectivity index is 2.61. The van der Waals surface area contributed by atoms with Crippen molar-refractivity contribution in [3.05, 3.63) is 34.1 Å². The lowest BCUT2D eigenvalue weighted by atomic mass is 10.1. The van der Waals surface area contributed by atoms with Crippen molar-refractivity contribution in [2.24, 2.45) is 0 Å². The van der Waals surface area contributed by atoms with Crippen LogP contribution in [0.2, 0.25) is 5.15 Å². The van der Waals surface area contributed by atoms with Crippen LogP contribution in [-0.4, -0.2) is 22.5 Å². The van der Waals surface area contributed by atoms with E-state index in [1.807, 2.05) is 26.0 Å². The molecule has 0 atom stereocenters. The second-order valence-electron chi connectivity index (χ2n) is 4.01. The zero-order chi connectivity index (χ0) is 13.3. The molecule has 0 aliphatic rings. The zero-order valence-corrected chi connectivity index (χ0v) is 11.2. The lowest BCUT2D eigenvalue weighted by Crippen LogP contribution is -2.09. The Hall–Kier alpha value is -1.68. The lowest BCUT2D eigenvalue weighted by molar-refractivity contribution is 0.0519. The van der Waals surface area contributed by atoms with Gasteiger partial charge in [-0.1, -0.05) is 11.6 Å². The molecule has 0 unspecified atom stereocenters. The molecule has 1 aromatic heterocycles. The van der Waals surface area contributed by atoms with E-state index in [9.17, 15) is 4.79 Å². The van der Waals surface area contributed by atoms with Gasteiger partial charge in [0, 0.05) is 0 Å². The Labute approximate surface area is 110 Å². The smallest absolute Gasteiger partial charge is 0.360 e. The molecule has 0 fully saturated rings. The number of esters is 1. The predicted molar refractivity (Wildman–Crippen MR) is 70.0 cm³/mol. The van der Waals surface area contributed by atoms with E-state index in [0.29, 0.717) is 11.0 Å². The van der Waals surface area contributed by atoms with Crippen LogP contribution in [0.5, 0.6) is 0 Å². The Morgan fingerprint density at radius 1 is 1.22 bits per heavy atom. The molecule has 18 heavy (non-hydrogen) atoms. The topological polar surface area (TPSA) is 52.1 Å². The average molecular weight is 265 g/mol. The maximum Gasteiger partial charge on any atom is 0.360 e. The van der Waals surface area contributed by atoms with Crippen molar-refractivity contribution in [1.82, 2.24) is 9.97 Å². The van der Waals surface area contributed by atoms with E-state index in [1.165, 1.54) is 0 Å². The lowest BCUT2D eigenvalue weighted by Gasteiger charge is -2.06. The quantitative estimate of drug-likeness (QED) is 0.782. The summed E-state index contributed by atoms with van der Waals surface area (Å²) in [5, 5.41) is 0.0733. The van der Waals surface area contributed by atoms with Crippen molar-refractivity contribution in [1.29, 1.82) is 0 Å². The van der Waals surface area contributed by atoms with Crippen molar-refractivity contribution in [2.45, 2.75) is 20.8 Å². The number of ether oxygens (including phenoxy) is 1. The summed E-state index contributed by atoms with van der Waals surface area (Å²) in [4.78, 5) is 20.1. The van der Waals surface area contributed by atoms with E-state index in [1.54, 1.807) is 6.92 Å². The first-order valence-electron chi connectivity index (χ1n) is 5.64. The molecule has 0 spiro atoms. The van der Waals surface area contributed by atoms with Gasteiger partial charge >= 0.3 is 5.97 Å². The fraction of sp³-hybridized carbons (Fsp3) is 0.308. The molecule has 0 amide bonds. The maximum atomic E-state index is 11.7. The largest absolute Gasteiger partial charge is 0.461 e. The highest BCUT2D eigenvalue weighted by Crippen LogP contribution is 2.21. The number of hydrogen-bond donors (Lipinski definition) is 0. The summed E-state index contributed by atoms with van der Waals surface area (Å²) in [6, 6.07) is 3.79. The van der Waals surface area contributed by atoms with Crippen LogP contribution in [0, 0.1) is 13.8 Å². The highest BCUT2D eigenvalue weighted by molar-refractivity contribution is 6.32. The van der Waals surface area contributed by atoms with Gasteiger partial charge in [0.15, 0.2) is 10.8 Å². The van der Waals surface area contributed by atoms with Crippen LogP contribution in [0.4, 0.5) is 0 Å². The molecule has 0 saturated carbocycles. The van der Waals surface area contributed by atoms with E-state index >= 15 is 0 Å². The molecular weight excluding hydrogens is 252 g/mol. The van der Waals surface area contributed by atoms with E-state index in [0.717, 1.165) is 11.1 Å². The van der Waals surface area contributed by atoms with Gasteiger partial charge in [0.1, 0.15) is 0 Å². The molecule has 5 heteroatoms. The maximum absolute atomic E-state index is 11.7. The number of nitrogens with zero attached hydrogens (tertiary/aromatic N) is 2. The third-order valence-electron chi connectivity index (χ3n) is 2.71. The van der Waals surface area contributed by atoms with Crippen molar-refractivity contribution < 1.29 is 9.53 Å². The molecule has 0 aliphatic carbocycles. The summed E-state index contributed by atoms with van der Waals surface area (Å²) in [6.07, 6.45) is 0. The van der Waals surface area contributed by atoms with Crippen LogP contribution >= 0.6 is 11.6 Å². The molecule has 2 aromatic rings. The minimum atomic E-state index is -0.546. The zero-order valence-electron chi connectivity index (χ0n) is 10.5. The van der Waals surface area contributed by atoms with Crippen LogP contribution in [0.1, 0.15) is 28.5 Å². The van der Waals surface area contributed by atoms with Gasteiger partial charge in [-0.25, -0.2) is 14.8 Å². The minimum Gasteiger partial charge on any atom is -0.461 e. The highest BCUT2D eigenvalue weighted by Gasteiger charge is 2.16. The number of hydrogen-bond acceptors (Lipinski definition) is 4. The third kappa shape index (κ3) is 2.29. The van der Waals surface area contributed by atoms with Crippen molar-refractivity contribution in [3.8, 4) is 0 Å².